The van der Waals surface area contributed by atoms with Crippen molar-refractivity contribution in [3.05, 3.63) is 77.1 Å². The van der Waals surface area contributed by atoms with E-state index in [0.717, 1.165) is 16.7 Å². The van der Waals surface area contributed by atoms with E-state index in [9.17, 15) is 8.42 Å². The average molecular weight is 351 g/mol. The first kappa shape index (κ1) is 15.8. The van der Waals surface area contributed by atoms with Crippen LogP contribution in [0, 0.1) is 0 Å². The molecule has 25 heavy (non-hydrogen) atoms. The van der Waals surface area contributed by atoms with Crippen LogP contribution in [0.15, 0.2) is 59.8 Å². The average Bonchev–Trinajstić information content (AvgIpc) is 2.99. The normalized spacial score (nSPS) is 16.1. The summed E-state index contributed by atoms with van der Waals surface area (Å²) in [5, 5.41) is 8.27. The molecule has 1 atom stereocenters. The summed E-state index contributed by atoms with van der Waals surface area (Å²) in [6.07, 6.45) is 3.67. The van der Waals surface area contributed by atoms with Gasteiger partial charge < -0.3 is 0 Å². The molecule has 126 valence electrons. The Bertz CT molecular complexity index is 1050. The van der Waals surface area contributed by atoms with Crippen LogP contribution < -0.4 is 0 Å². The second-order valence-electron chi connectivity index (χ2n) is 5.90. The van der Waals surface area contributed by atoms with Crippen LogP contribution in [0.25, 0.3) is 12.3 Å². The fourth-order valence-electron chi connectivity index (χ4n) is 3.16. The van der Waals surface area contributed by atoms with Gasteiger partial charge in [-0.15, -0.1) is 10.2 Å². The summed E-state index contributed by atoms with van der Waals surface area (Å²) in [6.45, 7) is 1.61. The Morgan fingerprint density at radius 3 is 2.48 bits per heavy atom. The van der Waals surface area contributed by atoms with E-state index in [1.54, 1.807) is 17.7 Å². The summed E-state index contributed by atoms with van der Waals surface area (Å²) in [6, 6.07) is 18.0. The van der Waals surface area contributed by atoms with Gasteiger partial charge in [0.25, 0.3) is 5.16 Å². The fraction of sp³-hybridized carbons (Fsp3) is 0.158. The van der Waals surface area contributed by atoms with Crippen molar-refractivity contribution in [1.82, 2.24) is 14.8 Å². The van der Waals surface area contributed by atoms with Gasteiger partial charge in [0.15, 0.2) is 0 Å². The Labute approximate surface area is 146 Å². The van der Waals surface area contributed by atoms with Crippen LogP contribution in [-0.2, 0) is 9.84 Å². The number of nitrogens with zero attached hydrogens (tertiary/aromatic N) is 3. The summed E-state index contributed by atoms with van der Waals surface area (Å²) >= 11 is 0. The highest BCUT2D eigenvalue weighted by molar-refractivity contribution is 7.91. The van der Waals surface area contributed by atoms with E-state index in [1.165, 1.54) is 0 Å². The van der Waals surface area contributed by atoms with E-state index >= 15 is 0 Å². The molecule has 1 aliphatic rings. The largest absolute Gasteiger partial charge is 0.276 e. The molecule has 0 spiro atoms. The molecule has 4 rings (SSSR count). The van der Waals surface area contributed by atoms with Crippen LogP contribution in [-0.4, -0.2) is 28.9 Å². The van der Waals surface area contributed by atoms with Crippen molar-refractivity contribution < 1.29 is 8.42 Å². The Morgan fingerprint density at radius 2 is 1.72 bits per heavy atom. The summed E-state index contributed by atoms with van der Waals surface area (Å²) in [5.41, 5.74) is 3.17. The van der Waals surface area contributed by atoms with Gasteiger partial charge in [-0.1, -0.05) is 61.5 Å². The fourth-order valence-corrected chi connectivity index (χ4v) is 4.04. The van der Waals surface area contributed by atoms with Crippen molar-refractivity contribution in [2.75, 3.05) is 5.75 Å². The maximum atomic E-state index is 12.4. The number of benzene rings is 2. The summed E-state index contributed by atoms with van der Waals surface area (Å²) < 4.78 is 26.4. The molecular formula is C19H17N3O2S. The molecule has 0 aliphatic carbocycles. The van der Waals surface area contributed by atoms with E-state index in [0.29, 0.717) is 5.82 Å². The van der Waals surface area contributed by atoms with Gasteiger partial charge in [-0.25, -0.2) is 8.42 Å². The highest BCUT2D eigenvalue weighted by Gasteiger charge is 2.30. The van der Waals surface area contributed by atoms with Crippen molar-refractivity contribution in [1.29, 1.82) is 0 Å². The van der Waals surface area contributed by atoms with Gasteiger partial charge in [-0.05, 0) is 22.8 Å². The van der Waals surface area contributed by atoms with Crippen molar-refractivity contribution in [3.63, 3.8) is 0 Å². The maximum absolute atomic E-state index is 12.4. The van der Waals surface area contributed by atoms with Crippen molar-refractivity contribution in [3.8, 4) is 0 Å². The molecular weight excluding hydrogens is 334 g/mol. The van der Waals surface area contributed by atoms with Gasteiger partial charge >= 0.3 is 0 Å². The molecule has 0 N–H and O–H groups in total. The lowest BCUT2D eigenvalue weighted by atomic mass is 9.88. The highest BCUT2D eigenvalue weighted by Crippen LogP contribution is 2.36. The molecule has 0 saturated heterocycles. The predicted molar refractivity (Wildman–Crippen MR) is 96.8 cm³/mol. The SMILES string of the molecule is CCS(=O)(=O)c1nnc2n1C=Cc1ccccc1C2c1ccccc1. The van der Waals surface area contributed by atoms with Gasteiger partial charge in [0.2, 0.25) is 9.84 Å². The summed E-state index contributed by atoms with van der Waals surface area (Å²) in [4.78, 5) is 0. The second-order valence-corrected chi connectivity index (χ2v) is 8.07. The smallest absolute Gasteiger partial charge is 0.253 e. The van der Waals surface area contributed by atoms with Crippen LogP contribution in [0.2, 0.25) is 0 Å². The number of sulfone groups is 1. The molecule has 2 aromatic carbocycles. The van der Waals surface area contributed by atoms with Gasteiger partial charge in [0, 0.05) is 6.20 Å². The lowest BCUT2D eigenvalue weighted by molar-refractivity contribution is 0.585. The third-order valence-electron chi connectivity index (χ3n) is 4.45. The van der Waals surface area contributed by atoms with E-state index in [-0.39, 0.29) is 16.8 Å². The number of fused-ring (bicyclic) bond motifs is 2. The third-order valence-corrected chi connectivity index (χ3v) is 6.05. The van der Waals surface area contributed by atoms with E-state index in [4.69, 9.17) is 0 Å². The van der Waals surface area contributed by atoms with Crippen LogP contribution in [0.5, 0.6) is 0 Å². The van der Waals surface area contributed by atoms with Crippen molar-refractivity contribution >= 4 is 22.1 Å². The minimum Gasteiger partial charge on any atom is -0.276 e. The molecule has 1 aliphatic heterocycles. The molecule has 1 unspecified atom stereocenters. The maximum Gasteiger partial charge on any atom is 0.253 e. The molecule has 2 heterocycles. The van der Waals surface area contributed by atoms with Crippen molar-refractivity contribution in [2.24, 2.45) is 0 Å². The molecule has 0 saturated carbocycles. The van der Waals surface area contributed by atoms with E-state index in [1.807, 2.05) is 54.6 Å². The molecule has 0 radical (unpaired) electrons. The van der Waals surface area contributed by atoms with Crippen molar-refractivity contribution in [2.45, 2.75) is 18.0 Å². The summed E-state index contributed by atoms with van der Waals surface area (Å²) in [7, 11) is -3.47. The number of aromatic nitrogens is 3. The Hall–Kier alpha value is -2.73. The van der Waals surface area contributed by atoms with Gasteiger partial charge in [0.05, 0.1) is 11.7 Å². The second kappa shape index (κ2) is 5.97. The molecule has 0 amide bonds. The van der Waals surface area contributed by atoms with E-state index < -0.39 is 9.84 Å². The zero-order valence-corrected chi connectivity index (χ0v) is 14.5. The lowest BCUT2D eigenvalue weighted by Crippen LogP contribution is -2.13. The number of hydrogen-bond donors (Lipinski definition) is 0. The zero-order chi connectivity index (χ0) is 17.4. The van der Waals surface area contributed by atoms with Gasteiger partial charge in [0.1, 0.15) is 5.82 Å². The lowest BCUT2D eigenvalue weighted by Gasteiger charge is -2.17. The first-order chi connectivity index (χ1) is 12.1. The Kier molecular flexibility index (Phi) is 3.77. The monoisotopic (exact) mass is 351 g/mol. The Balaban J connectivity index is 2.01. The quantitative estimate of drug-likeness (QED) is 0.569. The minimum atomic E-state index is -3.47. The molecule has 6 heteroatoms. The Morgan fingerprint density at radius 1 is 1.00 bits per heavy atom. The zero-order valence-electron chi connectivity index (χ0n) is 13.7. The molecule has 3 aromatic rings. The van der Waals surface area contributed by atoms with Crippen LogP contribution in [0.1, 0.15) is 35.4 Å². The number of rotatable bonds is 3. The number of hydrogen-bond acceptors (Lipinski definition) is 4. The topological polar surface area (TPSA) is 64.8 Å². The third kappa shape index (κ3) is 2.59. The van der Waals surface area contributed by atoms with Crippen LogP contribution in [0.4, 0.5) is 0 Å². The summed E-state index contributed by atoms with van der Waals surface area (Å²) in [5.74, 6) is 0.419. The van der Waals surface area contributed by atoms with Gasteiger partial charge in [-0.3, -0.25) is 4.57 Å². The molecule has 0 bridgehead atoms. The molecule has 5 nitrogen and oxygen atoms in total. The predicted octanol–water partition coefficient (Wildman–Crippen LogP) is 3.19. The standard InChI is InChI=1S/C19H17N3O2S/c1-2-25(23,24)19-21-20-18-17(15-9-4-3-5-10-15)16-11-7-6-8-14(16)12-13-22(18)19/h3-13,17H,2H2,1H3. The molecule has 0 fully saturated rings. The van der Waals surface area contributed by atoms with E-state index in [2.05, 4.69) is 16.3 Å². The highest BCUT2D eigenvalue weighted by atomic mass is 32.2. The molecule has 1 aromatic heterocycles. The van der Waals surface area contributed by atoms with Crippen LogP contribution >= 0.6 is 0 Å². The van der Waals surface area contributed by atoms with Crippen LogP contribution in [0.3, 0.4) is 0 Å². The first-order valence-electron chi connectivity index (χ1n) is 8.11. The van der Waals surface area contributed by atoms with Gasteiger partial charge in [-0.2, -0.15) is 0 Å². The first-order valence-corrected chi connectivity index (χ1v) is 9.76. The minimum absolute atomic E-state index is 0.00464.